The van der Waals surface area contributed by atoms with Crippen molar-refractivity contribution in [3.05, 3.63) is 62.8 Å². The van der Waals surface area contributed by atoms with Crippen LogP contribution in [0, 0.1) is 0 Å². The van der Waals surface area contributed by atoms with Gasteiger partial charge in [0.2, 0.25) is 0 Å². The molecule has 8 heteroatoms. The van der Waals surface area contributed by atoms with Gasteiger partial charge in [0, 0.05) is 24.0 Å². The number of rotatable bonds is 5. The summed E-state index contributed by atoms with van der Waals surface area (Å²) in [7, 11) is 0. The lowest BCUT2D eigenvalue weighted by Gasteiger charge is -2.11. The molecule has 134 valence electrons. The third-order valence-corrected chi connectivity index (χ3v) is 3.79. The summed E-state index contributed by atoms with van der Waals surface area (Å²) in [6, 6.07) is 3.67. The molecule has 5 nitrogen and oxygen atoms in total. The molecule has 2 rings (SSSR count). The van der Waals surface area contributed by atoms with Crippen molar-refractivity contribution in [2.75, 3.05) is 0 Å². The topological polar surface area (TPSA) is 74.8 Å². The fraction of sp³-hybridized carbons (Fsp3) is 0.353. The number of H-pyrrole nitrogens is 1. The van der Waals surface area contributed by atoms with Gasteiger partial charge in [0.05, 0.1) is 5.56 Å². The van der Waals surface area contributed by atoms with Gasteiger partial charge in [0.1, 0.15) is 5.69 Å². The van der Waals surface area contributed by atoms with Crippen LogP contribution in [0.4, 0.5) is 13.2 Å². The van der Waals surface area contributed by atoms with Gasteiger partial charge in [-0.3, -0.25) is 14.6 Å². The first-order valence-electron chi connectivity index (χ1n) is 7.81. The number of hydrogen-bond donors (Lipinski definition) is 2. The number of carbonyl (C=O) groups is 1. The van der Waals surface area contributed by atoms with E-state index in [1.807, 2.05) is 19.9 Å². The first-order valence-corrected chi connectivity index (χ1v) is 7.81. The largest absolute Gasteiger partial charge is 0.433 e. The van der Waals surface area contributed by atoms with Gasteiger partial charge >= 0.3 is 6.18 Å². The second-order valence-electron chi connectivity index (χ2n) is 5.45. The number of nitrogens with zero attached hydrogens (tertiary/aromatic N) is 1. The van der Waals surface area contributed by atoms with Crippen LogP contribution in [-0.2, 0) is 25.6 Å². The first kappa shape index (κ1) is 18.7. The van der Waals surface area contributed by atoms with Crippen molar-refractivity contribution in [2.24, 2.45) is 0 Å². The van der Waals surface area contributed by atoms with E-state index in [0.717, 1.165) is 29.6 Å². The van der Waals surface area contributed by atoms with Gasteiger partial charge in [0.15, 0.2) is 0 Å². The summed E-state index contributed by atoms with van der Waals surface area (Å²) in [6.07, 6.45) is -2.38. The van der Waals surface area contributed by atoms with Crippen LogP contribution >= 0.6 is 0 Å². The van der Waals surface area contributed by atoms with Crippen molar-refractivity contribution >= 4 is 5.91 Å². The molecule has 0 aliphatic heterocycles. The summed E-state index contributed by atoms with van der Waals surface area (Å²) in [5.41, 5.74) is 0.724. The normalized spacial score (nSPS) is 11.4. The van der Waals surface area contributed by atoms with E-state index in [2.05, 4.69) is 15.3 Å². The molecule has 2 aromatic heterocycles. The van der Waals surface area contributed by atoms with Crippen LogP contribution in [0.1, 0.15) is 46.7 Å². The fourth-order valence-corrected chi connectivity index (χ4v) is 2.37. The van der Waals surface area contributed by atoms with E-state index in [4.69, 9.17) is 0 Å². The van der Waals surface area contributed by atoms with Gasteiger partial charge < -0.3 is 10.3 Å². The number of aryl methyl sites for hydroxylation is 2. The Hall–Kier alpha value is -2.64. The summed E-state index contributed by atoms with van der Waals surface area (Å²) >= 11 is 0. The van der Waals surface area contributed by atoms with Crippen molar-refractivity contribution in [1.82, 2.24) is 15.3 Å². The minimum absolute atomic E-state index is 0.00680. The van der Waals surface area contributed by atoms with E-state index in [1.165, 1.54) is 0 Å². The maximum atomic E-state index is 12.5. The molecule has 25 heavy (non-hydrogen) atoms. The van der Waals surface area contributed by atoms with Crippen LogP contribution in [0.3, 0.4) is 0 Å². The van der Waals surface area contributed by atoms with Crippen molar-refractivity contribution < 1.29 is 18.0 Å². The maximum Gasteiger partial charge on any atom is 0.433 e. The molecular weight excluding hydrogens is 335 g/mol. The lowest BCUT2D eigenvalue weighted by molar-refractivity contribution is -0.141. The minimum atomic E-state index is -4.56. The molecule has 0 bridgehead atoms. The van der Waals surface area contributed by atoms with Gasteiger partial charge in [-0.15, -0.1) is 0 Å². The number of carbonyl (C=O) groups excluding carboxylic acids is 1. The smallest absolute Gasteiger partial charge is 0.348 e. The van der Waals surface area contributed by atoms with Crippen molar-refractivity contribution in [3.63, 3.8) is 0 Å². The van der Waals surface area contributed by atoms with E-state index in [1.54, 1.807) is 0 Å². The van der Waals surface area contributed by atoms with Gasteiger partial charge in [-0.2, -0.15) is 13.2 Å². The lowest BCUT2D eigenvalue weighted by atomic mass is 10.1. The highest BCUT2D eigenvalue weighted by Gasteiger charge is 2.32. The molecule has 1 amide bonds. The van der Waals surface area contributed by atoms with Crippen molar-refractivity contribution in [2.45, 2.75) is 39.4 Å². The van der Waals surface area contributed by atoms with Crippen LogP contribution in [0.15, 0.2) is 29.2 Å². The number of aromatic amines is 1. The van der Waals surface area contributed by atoms with E-state index in [9.17, 15) is 22.8 Å². The van der Waals surface area contributed by atoms with Crippen LogP contribution < -0.4 is 10.9 Å². The predicted octanol–water partition coefficient (Wildman–Crippen LogP) is 2.84. The molecule has 0 radical (unpaired) electrons. The van der Waals surface area contributed by atoms with Crippen molar-refractivity contribution in [3.8, 4) is 0 Å². The summed E-state index contributed by atoms with van der Waals surface area (Å²) in [6.45, 7) is 3.81. The number of amides is 1. The van der Waals surface area contributed by atoms with Crippen molar-refractivity contribution in [1.29, 1.82) is 0 Å². The van der Waals surface area contributed by atoms with Crippen LogP contribution in [0.2, 0.25) is 0 Å². The van der Waals surface area contributed by atoms with E-state index < -0.39 is 17.8 Å². The third-order valence-electron chi connectivity index (χ3n) is 3.79. The Balaban J connectivity index is 2.14. The molecule has 0 aromatic carbocycles. The van der Waals surface area contributed by atoms with Gasteiger partial charge in [0.25, 0.3) is 11.5 Å². The number of halogens is 3. The fourth-order valence-electron chi connectivity index (χ4n) is 2.37. The Bertz CT molecular complexity index is 811. The summed E-state index contributed by atoms with van der Waals surface area (Å²) < 4.78 is 37.4. The molecule has 2 heterocycles. The van der Waals surface area contributed by atoms with Gasteiger partial charge in [-0.1, -0.05) is 13.8 Å². The van der Waals surface area contributed by atoms with Gasteiger partial charge in [-0.25, -0.2) is 0 Å². The molecule has 0 unspecified atom stereocenters. The standard InChI is InChI=1S/C17H18F3N3O2/c1-3-10-7-12(4-2)23-16(25)13(10)9-22-15(24)11-5-6-14(21-8-11)17(18,19)20/h5-8H,3-4,9H2,1-2H3,(H,22,24)(H,23,25). The zero-order valence-corrected chi connectivity index (χ0v) is 13.8. The molecule has 0 atom stereocenters. The number of pyridine rings is 2. The molecule has 0 aliphatic rings. The lowest BCUT2D eigenvalue weighted by Crippen LogP contribution is -2.28. The molecule has 0 fully saturated rings. The summed E-state index contributed by atoms with van der Waals surface area (Å²) in [4.78, 5) is 30.2. The molecular formula is C17H18F3N3O2. The second kappa shape index (κ2) is 7.50. The number of alkyl halides is 3. The minimum Gasteiger partial charge on any atom is -0.348 e. The number of aromatic nitrogens is 2. The Labute approximate surface area is 142 Å². The molecule has 2 N–H and O–H groups in total. The third kappa shape index (κ3) is 4.46. The zero-order valence-electron chi connectivity index (χ0n) is 13.8. The highest BCUT2D eigenvalue weighted by Crippen LogP contribution is 2.27. The predicted molar refractivity (Wildman–Crippen MR) is 86.2 cm³/mol. The number of nitrogens with one attached hydrogen (secondary N) is 2. The van der Waals surface area contributed by atoms with Crippen LogP contribution in [-0.4, -0.2) is 15.9 Å². The Morgan fingerprint density at radius 2 is 1.96 bits per heavy atom. The highest BCUT2D eigenvalue weighted by molar-refractivity contribution is 5.93. The molecule has 0 spiro atoms. The van der Waals surface area contributed by atoms with Gasteiger partial charge in [-0.05, 0) is 36.6 Å². The van der Waals surface area contributed by atoms with E-state index >= 15 is 0 Å². The Morgan fingerprint density at radius 1 is 1.24 bits per heavy atom. The van der Waals surface area contributed by atoms with E-state index in [-0.39, 0.29) is 17.7 Å². The quantitative estimate of drug-likeness (QED) is 0.868. The summed E-state index contributed by atoms with van der Waals surface area (Å²) in [5, 5.41) is 2.55. The highest BCUT2D eigenvalue weighted by atomic mass is 19.4. The Kier molecular flexibility index (Phi) is 5.61. The van der Waals surface area contributed by atoms with Crippen LogP contribution in [0.5, 0.6) is 0 Å². The molecule has 2 aromatic rings. The molecule has 0 saturated heterocycles. The van der Waals surface area contributed by atoms with E-state index in [0.29, 0.717) is 18.4 Å². The molecule has 0 saturated carbocycles. The second-order valence-corrected chi connectivity index (χ2v) is 5.45. The zero-order chi connectivity index (χ0) is 18.6. The SMILES string of the molecule is CCc1cc(CC)c(CNC(=O)c2ccc(C(F)(F)F)nc2)c(=O)[nH]1. The average molecular weight is 353 g/mol. The Morgan fingerprint density at radius 3 is 2.48 bits per heavy atom. The molecule has 0 aliphatic carbocycles. The maximum absolute atomic E-state index is 12.5. The summed E-state index contributed by atoms with van der Waals surface area (Å²) in [5.74, 6) is -0.595. The average Bonchev–Trinajstić information content (AvgIpc) is 2.59. The van der Waals surface area contributed by atoms with Crippen LogP contribution in [0.25, 0.3) is 0 Å². The first-order chi connectivity index (χ1) is 11.8. The monoisotopic (exact) mass is 353 g/mol. The number of hydrogen-bond acceptors (Lipinski definition) is 3.